The van der Waals surface area contributed by atoms with E-state index in [1.165, 1.54) is 0 Å². The first-order chi connectivity index (χ1) is 9.40. The molecule has 7 heteroatoms. The highest BCUT2D eigenvalue weighted by Crippen LogP contribution is 2.26. The molecule has 1 aromatic rings. The van der Waals surface area contributed by atoms with Crippen molar-refractivity contribution >= 4 is 31.6 Å². The Kier molecular flexibility index (Phi) is 4.82. The summed E-state index contributed by atoms with van der Waals surface area (Å²) < 4.78 is 40.8. The van der Waals surface area contributed by atoms with Crippen molar-refractivity contribution < 1.29 is 12.8 Å². The number of halogens is 2. The van der Waals surface area contributed by atoms with Gasteiger partial charge in [0.2, 0.25) is 10.0 Å². The van der Waals surface area contributed by atoms with E-state index in [1.54, 1.807) is 0 Å². The Hall–Kier alpha value is -0.920. The number of benzene rings is 1. The lowest BCUT2D eigenvalue weighted by Gasteiger charge is -2.18. The molecule has 0 aromatic heterocycles. The number of nitrogens with one attached hydrogen (secondary N) is 1. The standard InChI is InChI=1S/C13H16BrFN2O2S/c14-10-6-11(15)13(7-12(10)16)20(18,19)17-8-9-4-2-1-3-5-9/h1-2,6-7,9,17H,3-5,8,16H2. The van der Waals surface area contributed by atoms with Crippen LogP contribution in [-0.2, 0) is 10.0 Å². The summed E-state index contributed by atoms with van der Waals surface area (Å²) in [7, 11) is -3.88. The number of anilines is 1. The zero-order valence-electron chi connectivity index (χ0n) is 10.8. The Balaban J connectivity index is 2.14. The number of nitrogens with two attached hydrogens (primary N) is 1. The van der Waals surface area contributed by atoms with E-state index in [0.29, 0.717) is 11.0 Å². The van der Waals surface area contributed by atoms with Gasteiger partial charge in [-0.15, -0.1) is 0 Å². The minimum Gasteiger partial charge on any atom is -0.398 e. The number of allylic oxidation sites excluding steroid dienone is 2. The highest BCUT2D eigenvalue weighted by atomic mass is 79.9. The van der Waals surface area contributed by atoms with Crippen LogP contribution in [0.4, 0.5) is 10.1 Å². The lowest BCUT2D eigenvalue weighted by Crippen LogP contribution is -2.30. The Morgan fingerprint density at radius 3 is 2.80 bits per heavy atom. The van der Waals surface area contributed by atoms with Crippen LogP contribution in [0.2, 0.25) is 0 Å². The van der Waals surface area contributed by atoms with Crippen LogP contribution in [0, 0.1) is 11.7 Å². The molecule has 1 unspecified atom stereocenters. The number of hydrogen-bond acceptors (Lipinski definition) is 3. The van der Waals surface area contributed by atoms with Crippen LogP contribution in [0.25, 0.3) is 0 Å². The molecule has 1 aliphatic rings. The summed E-state index contributed by atoms with van der Waals surface area (Å²) in [4.78, 5) is -0.412. The summed E-state index contributed by atoms with van der Waals surface area (Å²) in [6.45, 7) is 0.308. The maximum atomic E-state index is 13.8. The molecule has 2 rings (SSSR count). The first-order valence-electron chi connectivity index (χ1n) is 6.29. The van der Waals surface area contributed by atoms with E-state index in [0.717, 1.165) is 31.4 Å². The van der Waals surface area contributed by atoms with Crippen LogP contribution >= 0.6 is 15.9 Å². The third-order valence-corrected chi connectivity index (χ3v) is 5.41. The second-order valence-corrected chi connectivity index (χ2v) is 7.40. The van der Waals surface area contributed by atoms with Gasteiger partial charge in [0.15, 0.2) is 0 Å². The quantitative estimate of drug-likeness (QED) is 0.638. The SMILES string of the molecule is Nc1cc(S(=O)(=O)NCC2CC=CCC2)c(F)cc1Br. The Labute approximate surface area is 126 Å². The second-order valence-electron chi connectivity index (χ2n) is 4.81. The molecule has 0 amide bonds. The maximum Gasteiger partial charge on any atom is 0.243 e. The van der Waals surface area contributed by atoms with Crippen molar-refractivity contribution in [2.24, 2.45) is 5.92 Å². The zero-order valence-corrected chi connectivity index (χ0v) is 13.2. The van der Waals surface area contributed by atoms with Gasteiger partial charge in [-0.1, -0.05) is 12.2 Å². The summed E-state index contributed by atoms with van der Waals surface area (Å²) in [5.74, 6) is -0.562. The lowest BCUT2D eigenvalue weighted by atomic mass is 9.95. The number of sulfonamides is 1. The molecule has 3 N–H and O–H groups in total. The molecule has 0 radical (unpaired) electrons. The van der Waals surface area contributed by atoms with E-state index in [2.05, 4.69) is 26.7 Å². The van der Waals surface area contributed by atoms with Crippen molar-refractivity contribution in [3.05, 3.63) is 34.6 Å². The smallest absolute Gasteiger partial charge is 0.243 e. The first-order valence-corrected chi connectivity index (χ1v) is 8.57. The third-order valence-electron chi connectivity index (χ3n) is 3.28. The van der Waals surface area contributed by atoms with E-state index in [4.69, 9.17) is 5.73 Å². The number of hydrogen-bond donors (Lipinski definition) is 2. The molecule has 1 atom stereocenters. The van der Waals surface area contributed by atoms with Crippen LogP contribution in [0.15, 0.2) is 33.7 Å². The summed E-state index contributed by atoms with van der Waals surface area (Å²) >= 11 is 3.06. The largest absolute Gasteiger partial charge is 0.398 e. The van der Waals surface area contributed by atoms with Crippen molar-refractivity contribution in [2.75, 3.05) is 12.3 Å². The molecule has 0 fully saturated rings. The molecule has 110 valence electrons. The molecule has 4 nitrogen and oxygen atoms in total. The summed E-state index contributed by atoms with van der Waals surface area (Å²) in [6.07, 6.45) is 6.85. The number of rotatable bonds is 4. The van der Waals surface area contributed by atoms with Crippen LogP contribution in [-0.4, -0.2) is 15.0 Å². The molecule has 1 aliphatic carbocycles. The van der Waals surface area contributed by atoms with Crippen LogP contribution < -0.4 is 10.5 Å². The highest BCUT2D eigenvalue weighted by Gasteiger charge is 2.22. The summed E-state index contributed by atoms with van der Waals surface area (Å²) in [5.41, 5.74) is 5.80. The van der Waals surface area contributed by atoms with E-state index in [9.17, 15) is 12.8 Å². The average Bonchev–Trinajstić information content (AvgIpc) is 2.42. The Morgan fingerprint density at radius 2 is 2.15 bits per heavy atom. The van der Waals surface area contributed by atoms with E-state index < -0.39 is 20.7 Å². The van der Waals surface area contributed by atoms with E-state index in [-0.39, 0.29) is 11.6 Å². The fourth-order valence-corrected chi connectivity index (χ4v) is 3.62. The molecule has 20 heavy (non-hydrogen) atoms. The summed E-state index contributed by atoms with van der Waals surface area (Å²) in [5, 5.41) is 0. The highest BCUT2D eigenvalue weighted by molar-refractivity contribution is 9.10. The van der Waals surface area contributed by atoms with Crippen LogP contribution in [0.3, 0.4) is 0 Å². The van der Waals surface area contributed by atoms with Gasteiger partial charge < -0.3 is 5.73 Å². The van der Waals surface area contributed by atoms with E-state index >= 15 is 0 Å². The maximum absolute atomic E-state index is 13.8. The van der Waals surface area contributed by atoms with Crippen LogP contribution in [0.1, 0.15) is 19.3 Å². The van der Waals surface area contributed by atoms with Gasteiger partial charge in [0.25, 0.3) is 0 Å². The second kappa shape index (κ2) is 6.24. The summed E-state index contributed by atoms with van der Waals surface area (Å²) in [6, 6.07) is 2.19. The molecule has 0 spiro atoms. The minimum atomic E-state index is -3.88. The van der Waals surface area contributed by atoms with Gasteiger partial charge in [-0.3, -0.25) is 0 Å². The van der Waals surface area contributed by atoms with Crippen molar-refractivity contribution in [1.82, 2.24) is 4.72 Å². The molecule has 1 aromatic carbocycles. The fraction of sp³-hybridized carbons (Fsp3) is 0.385. The average molecular weight is 363 g/mol. The number of nitrogen functional groups attached to an aromatic ring is 1. The van der Waals surface area contributed by atoms with Crippen LogP contribution in [0.5, 0.6) is 0 Å². The normalized spacial score (nSPS) is 19.2. The predicted octanol–water partition coefficient (Wildman–Crippen LogP) is 2.81. The van der Waals surface area contributed by atoms with Crippen molar-refractivity contribution in [3.8, 4) is 0 Å². The topological polar surface area (TPSA) is 72.2 Å². The minimum absolute atomic E-state index is 0.187. The zero-order chi connectivity index (χ0) is 14.8. The molecular weight excluding hydrogens is 347 g/mol. The molecule has 0 aliphatic heterocycles. The van der Waals surface area contributed by atoms with Crippen molar-refractivity contribution in [2.45, 2.75) is 24.2 Å². The van der Waals surface area contributed by atoms with Gasteiger partial charge in [-0.05, 0) is 53.2 Å². The molecule has 0 saturated carbocycles. The molecular formula is C13H16BrFN2O2S. The molecule has 0 saturated heterocycles. The molecule has 0 bridgehead atoms. The Morgan fingerprint density at radius 1 is 1.40 bits per heavy atom. The fourth-order valence-electron chi connectivity index (χ4n) is 2.10. The lowest BCUT2D eigenvalue weighted by molar-refractivity contribution is 0.466. The van der Waals surface area contributed by atoms with Crippen molar-refractivity contribution in [3.63, 3.8) is 0 Å². The van der Waals surface area contributed by atoms with Crippen molar-refractivity contribution in [1.29, 1.82) is 0 Å². The van der Waals surface area contributed by atoms with Gasteiger partial charge in [0, 0.05) is 16.7 Å². The third kappa shape index (κ3) is 3.59. The van der Waals surface area contributed by atoms with E-state index in [1.807, 2.05) is 6.08 Å². The first kappa shape index (κ1) is 15.5. The van der Waals surface area contributed by atoms with Gasteiger partial charge in [-0.2, -0.15) is 0 Å². The molecule has 0 heterocycles. The predicted molar refractivity (Wildman–Crippen MR) is 80.2 cm³/mol. The van der Waals surface area contributed by atoms with Gasteiger partial charge in [0.05, 0.1) is 0 Å². The Bertz CT molecular complexity index is 632. The van der Waals surface area contributed by atoms with Gasteiger partial charge >= 0.3 is 0 Å². The van der Waals surface area contributed by atoms with Gasteiger partial charge in [-0.25, -0.2) is 17.5 Å². The monoisotopic (exact) mass is 362 g/mol. The van der Waals surface area contributed by atoms with Gasteiger partial charge in [0.1, 0.15) is 10.7 Å².